The van der Waals surface area contributed by atoms with Crippen molar-refractivity contribution in [2.45, 2.75) is 13.0 Å². The molecule has 1 fully saturated rings. The summed E-state index contributed by atoms with van der Waals surface area (Å²) in [6.07, 6.45) is 0.178. The first kappa shape index (κ1) is 19.2. The van der Waals surface area contributed by atoms with Gasteiger partial charge < -0.3 is 4.90 Å². The molecule has 5 rings (SSSR count). The third-order valence-electron chi connectivity index (χ3n) is 5.75. The number of halogens is 1. The topological polar surface area (TPSA) is 57.5 Å². The van der Waals surface area contributed by atoms with E-state index >= 15 is 0 Å². The quantitative estimate of drug-likeness (QED) is 0.649. The number of fused-ring (bicyclic) bond motifs is 3. The molecular weight excluding hydrogens is 400 g/mol. The minimum atomic E-state index is -0.0537. The van der Waals surface area contributed by atoms with Gasteiger partial charge >= 0.3 is 0 Å². The van der Waals surface area contributed by atoms with Crippen LogP contribution in [0.25, 0.3) is 5.69 Å². The monoisotopic (exact) mass is 422 g/mol. The lowest BCUT2D eigenvalue weighted by Gasteiger charge is -2.32. The third-order valence-corrected chi connectivity index (χ3v) is 5.99. The van der Waals surface area contributed by atoms with E-state index in [9.17, 15) is 4.79 Å². The van der Waals surface area contributed by atoms with Crippen LogP contribution in [-0.4, -0.2) is 63.7 Å². The van der Waals surface area contributed by atoms with E-state index in [1.807, 2.05) is 53.1 Å². The predicted octanol–water partition coefficient (Wildman–Crippen LogP) is 2.89. The molecule has 2 aliphatic heterocycles. The third kappa shape index (κ3) is 3.49. The molecular formula is C22H23ClN6O. The van der Waals surface area contributed by atoms with Gasteiger partial charge in [0.15, 0.2) is 5.82 Å². The van der Waals surface area contributed by atoms with E-state index in [-0.39, 0.29) is 12.3 Å². The molecule has 1 aromatic heterocycles. The van der Waals surface area contributed by atoms with Crippen LogP contribution in [0.15, 0.2) is 48.5 Å². The van der Waals surface area contributed by atoms with Crippen LogP contribution in [0.3, 0.4) is 0 Å². The summed E-state index contributed by atoms with van der Waals surface area (Å²) in [7, 11) is 2.14. The zero-order valence-corrected chi connectivity index (χ0v) is 17.6. The second kappa shape index (κ2) is 7.83. The maximum Gasteiger partial charge on any atom is 0.239 e. The van der Waals surface area contributed by atoms with Gasteiger partial charge in [0.1, 0.15) is 5.82 Å². The Morgan fingerprint density at radius 3 is 2.50 bits per heavy atom. The molecule has 154 valence electrons. The molecule has 0 unspecified atom stereocenters. The number of likely N-dealkylation sites (N-methyl/N-ethyl adjacent to an activating group) is 1. The average Bonchev–Trinajstić information content (AvgIpc) is 3.07. The first-order chi connectivity index (χ1) is 14.6. The van der Waals surface area contributed by atoms with Gasteiger partial charge in [-0.3, -0.25) is 19.2 Å². The molecule has 3 heterocycles. The number of anilines is 2. The van der Waals surface area contributed by atoms with Gasteiger partial charge in [-0.25, -0.2) is 0 Å². The predicted molar refractivity (Wildman–Crippen MR) is 116 cm³/mol. The summed E-state index contributed by atoms with van der Waals surface area (Å²) in [6.45, 7) is 4.74. The molecule has 0 N–H and O–H groups in total. The van der Waals surface area contributed by atoms with Gasteiger partial charge in [0.2, 0.25) is 5.91 Å². The van der Waals surface area contributed by atoms with Crippen LogP contribution >= 0.6 is 11.6 Å². The average molecular weight is 423 g/mol. The molecule has 0 spiro atoms. The van der Waals surface area contributed by atoms with Crippen molar-refractivity contribution >= 4 is 28.9 Å². The molecule has 2 aliphatic rings. The molecule has 0 bridgehead atoms. The Labute approximate surface area is 180 Å². The highest BCUT2D eigenvalue weighted by Crippen LogP contribution is 2.37. The Balaban J connectivity index is 1.59. The van der Waals surface area contributed by atoms with Gasteiger partial charge in [-0.15, -0.1) is 10.2 Å². The molecule has 2 aromatic carbocycles. The summed E-state index contributed by atoms with van der Waals surface area (Å²) in [6, 6.07) is 15.3. The summed E-state index contributed by atoms with van der Waals surface area (Å²) in [5, 5.41) is 9.44. The minimum absolute atomic E-state index is 0.0537. The molecule has 1 saturated heterocycles. The van der Waals surface area contributed by atoms with Crippen LogP contribution in [0.2, 0.25) is 5.02 Å². The lowest BCUT2D eigenvalue weighted by Crippen LogP contribution is -2.44. The number of rotatable bonds is 3. The lowest BCUT2D eigenvalue weighted by molar-refractivity contribution is -0.117. The number of hydrogen-bond acceptors (Lipinski definition) is 5. The fourth-order valence-corrected chi connectivity index (χ4v) is 4.29. The number of amides is 1. The largest absolute Gasteiger partial charge is 0.304 e. The maximum absolute atomic E-state index is 13.3. The SMILES string of the molecule is CN1CCN(Cc2nnc3n2-c2ccc(Cl)cc2N(c2ccccc2)C(=O)C3)CC1. The fraction of sp³-hybridized carbons (Fsp3) is 0.318. The van der Waals surface area contributed by atoms with Crippen molar-refractivity contribution in [2.75, 3.05) is 38.1 Å². The van der Waals surface area contributed by atoms with Crippen molar-refractivity contribution in [3.63, 3.8) is 0 Å². The van der Waals surface area contributed by atoms with Crippen molar-refractivity contribution < 1.29 is 4.79 Å². The summed E-state index contributed by atoms with van der Waals surface area (Å²) in [5.41, 5.74) is 2.43. The Morgan fingerprint density at radius 1 is 0.967 bits per heavy atom. The molecule has 3 aromatic rings. The van der Waals surface area contributed by atoms with Gasteiger partial charge in [0, 0.05) is 36.9 Å². The van der Waals surface area contributed by atoms with Crippen molar-refractivity contribution in [3.05, 3.63) is 65.2 Å². The zero-order chi connectivity index (χ0) is 20.7. The number of nitrogens with zero attached hydrogens (tertiary/aromatic N) is 6. The maximum atomic E-state index is 13.3. The fourth-order valence-electron chi connectivity index (χ4n) is 4.13. The molecule has 7 nitrogen and oxygen atoms in total. The number of hydrogen-bond donors (Lipinski definition) is 0. The van der Waals surface area contributed by atoms with Gasteiger partial charge in [-0.2, -0.15) is 0 Å². The minimum Gasteiger partial charge on any atom is -0.304 e. The Hall–Kier alpha value is -2.74. The van der Waals surface area contributed by atoms with Crippen LogP contribution < -0.4 is 4.90 Å². The van der Waals surface area contributed by atoms with Crippen LogP contribution in [-0.2, 0) is 17.8 Å². The Morgan fingerprint density at radius 2 is 1.73 bits per heavy atom. The number of piperazine rings is 1. The van der Waals surface area contributed by atoms with E-state index in [1.54, 1.807) is 4.90 Å². The molecule has 1 amide bonds. The number of carbonyl (C=O) groups is 1. The van der Waals surface area contributed by atoms with E-state index in [1.165, 1.54) is 0 Å². The van der Waals surface area contributed by atoms with E-state index in [0.717, 1.165) is 49.1 Å². The van der Waals surface area contributed by atoms with Gasteiger partial charge in [0.05, 0.1) is 24.3 Å². The number of aromatic nitrogens is 3. The molecule has 0 aliphatic carbocycles. The molecule has 8 heteroatoms. The van der Waals surface area contributed by atoms with Crippen molar-refractivity contribution in [1.29, 1.82) is 0 Å². The smallest absolute Gasteiger partial charge is 0.239 e. The summed E-state index contributed by atoms with van der Waals surface area (Å²) < 4.78 is 2.03. The lowest BCUT2D eigenvalue weighted by atomic mass is 10.2. The van der Waals surface area contributed by atoms with Crippen molar-refractivity contribution in [3.8, 4) is 5.69 Å². The van der Waals surface area contributed by atoms with Gasteiger partial charge in [-0.1, -0.05) is 29.8 Å². The van der Waals surface area contributed by atoms with E-state index < -0.39 is 0 Å². The van der Waals surface area contributed by atoms with Gasteiger partial charge in [0.25, 0.3) is 0 Å². The highest BCUT2D eigenvalue weighted by Gasteiger charge is 2.31. The van der Waals surface area contributed by atoms with E-state index in [0.29, 0.717) is 17.4 Å². The number of benzene rings is 2. The summed E-state index contributed by atoms with van der Waals surface area (Å²) in [4.78, 5) is 19.7. The Bertz CT molecular complexity index is 1070. The summed E-state index contributed by atoms with van der Waals surface area (Å²) >= 11 is 6.35. The highest BCUT2D eigenvalue weighted by atomic mass is 35.5. The summed E-state index contributed by atoms with van der Waals surface area (Å²) in [5.74, 6) is 1.45. The van der Waals surface area contributed by atoms with Crippen LogP contribution in [0.4, 0.5) is 11.4 Å². The molecule has 30 heavy (non-hydrogen) atoms. The first-order valence-corrected chi connectivity index (χ1v) is 10.5. The molecule has 0 saturated carbocycles. The van der Waals surface area contributed by atoms with Crippen LogP contribution in [0.1, 0.15) is 11.6 Å². The Kier molecular flexibility index (Phi) is 5.02. The zero-order valence-electron chi connectivity index (χ0n) is 16.8. The number of para-hydroxylation sites is 1. The first-order valence-electron chi connectivity index (χ1n) is 10.1. The highest BCUT2D eigenvalue weighted by molar-refractivity contribution is 6.31. The van der Waals surface area contributed by atoms with Gasteiger partial charge in [-0.05, 0) is 37.4 Å². The van der Waals surface area contributed by atoms with Crippen LogP contribution in [0, 0.1) is 0 Å². The van der Waals surface area contributed by atoms with E-state index in [4.69, 9.17) is 11.6 Å². The second-order valence-electron chi connectivity index (χ2n) is 7.82. The number of carbonyl (C=O) groups excluding carboxylic acids is 1. The molecule has 0 atom stereocenters. The van der Waals surface area contributed by atoms with Crippen LogP contribution in [0.5, 0.6) is 0 Å². The van der Waals surface area contributed by atoms with E-state index in [2.05, 4.69) is 27.0 Å². The molecule has 0 radical (unpaired) electrons. The second-order valence-corrected chi connectivity index (χ2v) is 8.26. The normalized spacial score (nSPS) is 17.5. The van der Waals surface area contributed by atoms with Crippen molar-refractivity contribution in [2.24, 2.45) is 0 Å². The van der Waals surface area contributed by atoms with Crippen molar-refractivity contribution in [1.82, 2.24) is 24.6 Å². The standard InChI is InChI=1S/C22H23ClN6O/c1-26-9-11-27(12-10-26)15-21-25-24-20-14-22(30)28(17-5-3-2-4-6-17)19-13-16(23)7-8-18(19)29(20)21/h2-8,13H,9-12,14-15H2,1H3.